The van der Waals surface area contributed by atoms with Gasteiger partial charge in [-0.3, -0.25) is 4.90 Å². The fourth-order valence-corrected chi connectivity index (χ4v) is 2.92. The number of likely N-dealkylation sites (tertiary alicyclic amines) is 1. The molecule has 0 aromatic heterocycles. The summed E-state index contributed by atoms with van der Waals surface area (Å²) in [5.41, 5.74) is 4.03. The number of hydrogen-bond donors (Lipinski definition) is 1. The maximum Gasteiger partial charge on any atom is 0.0340 e. The molecule has 0 bridgehead atoms. The molecule has 3 rings (SSSR count). The highest BCUT2D eigenvalue weighted by Crippen LogP contribution is 2.15. The van der Waals surface area contributed by atoms with Gasteiger partial charge >= 0.3 is 0 Å². The molecule has 21 heavy (non-hydrogen) atoms. The molecule has 1 saturated heterocycles. The molecule has 2 heteroatoms. The third kappa shape index (κ3) is 4.33. The van der Waals surface area contributed by atoms with E-state index in [0.717, 1.165) is 19.5 Å². The second kappa shape index (κ2) is 7.28. The Labute approximate surface area is 127 Å². The second-order valence-electron chi connectivity index (χ2n) is 5.84. The Morgan fingerprint density at radius 2 is 1.52 bits per heavy atom. The van der Waals surface area contributed by atoms with Gasteiger partial charge in [-0.1, -0.05) is 42.5 Å². The molecule has 0 atom stereocenters. The Hall–Kier alpha value is -1.80. The number of anilines is 1. The zero-order valence-electron chi connectivity index (χ0n) is 12.6. The summed E-state index contributed by atoms with van der Waals surface area (Å²) >= 11 is 0. The molecule has 2 aromatic rings. The van der Waals surface area contributed by atoms with Gasteiger partial charge < -0.3 is 5.32 Å². The van der Waals surface area contributed by atoms with Crippen LogP contribution in [0.15, 0.2) is 54.6 Å². The summed E-state index contributed by atoms with van der Waals surface area (Å²) in [4.78, 5) is 2.54. The molecule has 1 aliphatic heterocycles. The molecule has 1 heterocycles. The van der Waals surface area contributed by atoms with Gasteiger partial charge in [-0.2, -0.15) is 0 Å². The van der Waals surface area contributed by atoms with Crippen LogP contribution in [0.25, 0.3) is 0 Å². The lowest BCUT2D eigenvalue weighted by atomic mass is 10.1. The average Bonchev–Trinajstić information content (AvgIpc) is 3.03. The lowest BCUT2D eigenvalue weighted by molar-refractivity contribution is 0.331. The molecule has 0 unspecified atom stereocenters. The average molecular weight is 280 g/mol. The van der Waals surface area contributed by atoms with Gasteiger partial charge in [0.05, 0.1) is 0 Å². The van der Waals surface area contributed by atoms with Crippen molar-refractivity contribution in [2.24, 2.45) is 0 Å². The van der Waals surface area contributed by atoms with Crippen molar-refractivity contribution in [1.82, 2.24) is 4.90 Å². The zero-order chi connectivity index (χ0) is 14.3. The summed E-state index contributed by atoms with van der Waals surface area (Å²) in [5.74, 6) is 0. The molecule has 1 fully saturated rings. The first-order chi connectivity index (χ1) is 10.4. The minimum atomic E-state index is 0.982. The van der Waals surface area contributed by atoms with E-state index in [4.69, 9.17) is 0 Å². The van der Waals surface area contributed by atoms with Gasteiger partial charge in [0.15, 0.2) is 0 Å². The van der Waals surface area contributed by atoms with Crippen LogP contribution in [-0.4, -0.2) is 24.5 Å². The minimum Gasteiger partial charge on any atom is -0.385 e. The van der Waals surface area contributed by atoms with E-state index >= 15 is 0 Å². The highest BCUT2D eigenvalue weighted by atomic mass is 15.1. The minimum absolute atomic E-state index is 0.982. The second-order valence-corrected chi connectivity index (χ2v) is 5.84. The molecule has 1 aliphatic rings. The summed E-state index contributed by atoms with van der Waals surface area (Å²) < 4.78 is 0. The van der Waals surface area contributed by atoms with E-state index < -0.39 is 0 Å². The molecule has 1 N–H and O–H groups in total. The van der Waals surface area contributed by atoms with Gasteiger partial charge in [-0.15, -0.1) is 0 Å². The summed E-state index contributed by atoms with van der Waals surface area (Å²) in [5, 5.41) is 3.50. The van der Waals surface area contributed by atoms with Crippen molar-refractivity contribution in [1.29, 1.82) is 0 Å². The summed E-state index contributed by atoms with van der Waals surface area (Å²) in [7, 11) is 0. The molecule has 0 aliphatic carbocycles. The number of nitrogens with zero attached hydrogens (tertiary/aromatic N) is 1. The van der Waals surface area contributed by atoms with Gasteiger partial charge in [-0.25, -0.2) is 0 Å². The first-order valence-electron chi connectivity index (χ1n) is 7.99. The van der Waals surface area contributed by atoms with E-state index in [2.05, 4.69) is 64.8 Å². The van der Waals surface area contributed by atoms with E-state index in [1.165, 1.54) is 42.7 Å². The highest BCUT2D eigenvalue weighted by molar-refractivity contribution is 5.44. The zero-order valence-corrected chi connectivity index (χ0v) is 12.6. The molecule has 0 radical (unpaired) electrons. The predicted octanol–water partition coefficient (Wildman–Crippen LogP) is 3.94. The van der Waals surface area contributed by atoms with E-state index in [1.807, 2.05) is 0 Å². The Morgan fingerprint density at radius 1 is 0.810 bits per heavy atom. The first-order valence-corrected chi connectivity index (χ1v) is 7.99. The molecular formula is C19H24N2. The molecule has 2 aromatic carbocycles. The van der Waals surface area contributed by atoms with Crippen molar-refractivity contribution >= 4 is 5.69 Å². The van der Waals surface area contributed by atoms with E-state index in [1.54, 1.807) is 0 Å². The fraction of sp³-hybridized carbons (Fsp3) is 0.368. The summed E-state index contributed by atoms with van der Waals surface area (Å²) in [6.45, 7) is 4.61. The monoisotopic (exact) mass is 280 g/mol. The van der Waals surface area contributed by atoms with Crippen LogP contribution in [0.2, 0.25) is 0 Å². The van der Waals surface area contributed by atoms with Crippen LogP contribution in [0, 0.1) is 0 Å². The molecular weight excluding hydrogens is 256 g/mol. The normalized spacial score (nSPS) is 15.2. The first kappa shape index (κ1) is 14.2. The Bertz CT molecular complexity index is 527. The predicted molar refractivity (Wildman–Crippen MR) is 89.6 cm³/mol. The molecule has 0 saturated carbocycles. The van der Waals surface area contributed by atoms with E-state index in [0.29, 0.717) is 0 Å². The molecule has 0 amide bonds. The summed E-state index contributed by atoms with van der Waals surface area (Å²) in [6.07, 6.45) is 3.79. The van der Waals surface area contributed by atoms with Crippen LogP contribution in [0.3, 0.4) is 0 Å². The van der Waals surface area contributed by atoms with Crippen molar-refractivity contribution in [2.75, 3.05) is 25.0 Å². The largest absolute Gasteiger partial charge is 0.385 e. The van der Waals surface area contributed by atoms with E-state index in [-0.39, 0.29) is 0 Å². The molecule has 0 spiro atoms. The maximum atomic E-state index is 3.50. The Balaban J connectivity index is 1.45. The van der Waals surface area contributed by atoms with Crippen molar-refractivity contribution in [3.63, 3.8) is 0 Å². The van der Waals surface area contributed by atoms with Gasteiger partial charge in [0.25, 0.3) is 0 Å². The lowest BCUT2D eigenvalue weighted by Gasteiger charge is -2.15. The topological polar surface area (TPSA) is 15.3 Å². The molecule has 2 nitrogen and oxygen atoms in total. The number of nitrogens with one attached hydrogen (secondary N) is 1. The van der Waals surface area contributed by atoms with Gasteiger partial charge in [-0.05, 0) is 55.6 Å². The van der Waals surface area contributed by atoms with Crippen LogP contribution in [0.1, 0.15) is 24.0 Å². The number of rotatable bonds is 6. The molecule has 110 valence electrons. The van der Waals surface area contributed by atoms with Gasteiger partial charge in [0, 0.05) is 18.8 Å². The maximum absolute atomic E-state index is 3.50. The standard InChI is InChI=1S/C19H24N2/c1-2-6-17(7-3-1)12-13-20-19-10-8-18(9-11-19)16-21-14-4-5-15-21/h1-3,6-11,20H,4-5,12-16H2. The van der Waals surface area contributed by atoms with Gasteiger partial charge in [0.2, 0.25) is 0 Å². The fourth-order valence-electron chi connectivity index (χ4n) is 2.92. The van der Waals surface area contributed by atoms with Crippen molar-refractivity contribution in [3.05, 3.63) is 65.7 Å². The van der Waals surface area contributed by atoms with Crippen LogP contribution in [-0.2, 0) is 13.0 Å². The van der Waals surface area contributed by atoms with Gasteiger partial charge in [0.1, 0.15) is 0 Å². The van der Waals surface area contributed by atoms with Crippen molar-refractivity contribution in [3.8, 4) is 0 Å². The van der Waals surface area contributed by atoms with Crippen LogP contribution < -0.4 is 5.32 Å². The quantitative estimate of drug-likeness (QED) is 0.862. The Morgan fingerprint density at radius 3 is 2.24 bits per heavy atom. The van der Waals surface area contributed by atoms with E-state index in [9.17, 15) is 0 Å². The summed E-state index contributed by atoms with van der Waals surface area (Å²) in [6, 6.07) is 19.5. The highest BCUT2D eigenvalue weighted by Gasteiger charge is 2.11. The van der Waals surface area contributed by atoms with Crippen LogP contribution in [0.4, 0.5) is 5.69 Å². The van der Waals surface area contributed by atoms with Crippen molar-refractivity contribution in [2.45, 2.75) is 25.8 Å². The lowest BCUT2D eigenvalue weighted by Crippen LogP contribution is -2.18. The van der Waals surface area contributed by atoms with Crippen molar-refractivity contribution < 1.29 is 0 Å². The number of benzene rings is 2. The SMILES string of the molecule is c1ccc(CCNc2ccc(CN3CCCC3)cc2)cc1. The third-order valence-electron chi connectivity index (χ3n) is 4.14. The smallest absolute Gasteiger partial charge is 0.0340 e. The van der Waals surface area contributed by atoms with Crippen LogP contribution >= 0.6 is 0 Å². The third-order valence-corrected chi connectivity index (χ3v) is 4.14. The van der Waals surface area contributed by atoms with Crippen LogP contribution in [0.5, 0.6) is 0 Å². The Kier molecular flexibility index (Phi) is 4.90. The number of hydrogen-bond acceptors (Lipinski definition) is 2.